The molecule has 0 amide bonds. The van der Waals surface area contributed by atoms with Gasteiger partial charge in [-0.15, -0.1) is 0 Å². The molecule has 0 aromatic heterocycles. The summed E-state index contributed by atoms with van der Waals surface area (Å²) in [6.45, 7) is 6.63. The lowest BCUT2D eigenvalue weighted by Gasteiger charge is -2.17. The van der Waals surface area contributed by atoms with Crippen LogP contribution in [0.5, 0.6) is 0 Å². The molecule has 1 rings (SSSR count). The number of hydrogen-bond donors (Lipinski definition) is 2. The zero-order valence-electron chi connectivity index (χ0n) is 12.2. The Balaban J connectivity index is 2.37. The predicted molar refractivity (Wildman–Crippen MR) is 94.0 cm³/mol. The van der Waals surface area contributed by atoms with Crippen molar-refractivity contribution >= 4 is 46.2 Å². The minimum atomic E-state index is 0.358. The number of thiocarbonyl (C=S) groups is 1. The molecule has 0 heterocycles. The minimum absolute atomic E-state index is 0.358. The van der Waals surface area contributed by atoms with E-state index in [-0.39, 0.29) is 0 Å². The first-order chi connectivity index (χ1) is 9.38. The number of benzene rings is 1. The largest absolute Gasteiger partial charge is 0.360 e. The highest BCUT2D eigenvalue weighted by Crippen LogP contribution is 2.24. The van der Waals surface area contributed by atoms with Crippen LogP contribution in [-0.2, 0) is 0 Å². The highest BCUT2D eigenvalue weighted by atomic mass is 35.5. The molecule has 0 radical (unpaired) electrons. The van der Waals surface area contributed by atoms with E-state index in [1.165, 1.54) is 12.8 Å². The van der Waals surface area contributed by atoms with Crippen molar-refractivity contribution in [3.05, 3.63) is 28.2 Å². The van der Waals surface area contributed by atoms with Crippen LogP contribution in [0.2, 0.25) is 10.0 Å². The molecule has 1 unspecified atom stereocenters. The maximum Gasteiger partial charge on any atom is 0.170 e. The van der Waals surface area contributed by atoms with Crippen LogP contribution in [-0.4, -0.2) is 11.2 Å². The lowest BCUT2D eigenvalue weighted by atomic mass is 10.0. The average molecular weight is 333 g/mol. The molecular weight excluding hydrogens is 311 g/mol. The quantitative estimate of drug-likeness (QED) is 0.673. The van der Waals surface area contributed by atoms with E-state index in [2.05, 4.69) is 31.4 Å². The molecule has 1 atom stereocenters. The van der Waals surface area contributed by atoms with Crippen molar-refractivity contribution in [3.63, 3.8) is 0 Å². The Bertz CT molecular complexity index is 449. The molecule has 0 aliphatic heterocycles. The Kier molecular flexibility index (Phi) is 7.63. The van der Waals surface area contributed by atoms with Crippen LogP contribution in [0.3, 0.4) is 0 Å². The maximum atomic E-state index is 5.97. The van der Waals surface area contributed by atoms with Gasteiger partial charge in [-0.25, -0.2) is 0 Å². The number of anilines is 1. The van der Waals surface area contributed by atoms with Gasteiger partial charge in [0.05, 0.1) is 10.0 Å². The van der Waals surface area contributed by atoms with Crippen LogP contribution in [0.1, 0.15) is 40.0 Å². The topological polar surface area (TPSA) is 24.1 Å². The summed E-state index contributed by atoms with van der Waals surface area (Å²) in [7, 11) is 0. The summed E-state index contributed by atoms with van der Waals surface area (Å²) in [6.07, 6.45) is 3.57. The number of halogens is 2. The van der Waals surface area contributed by atoms with Crippen molar-refractivity contribution in [2.45, 2.75) is 46.1 Å². The van der Waals surface area contributed by atoms with E-state index in [9.17, 15) is 0 Å². The van der Waals surface area contributed by atoms with E-state index in [4.69, 9.17) is 35.4 Å². The smallest absolute Gasteiger partial charge is 0.170 e. The summed E-state index contributed by atoms with van der Waals surface area (Å²) in [4.78, 5) is 0. The summed E-state index contributed by atoms with van der Waals surface area (Å²) in [5.41, 5.74) is 0.839. The summed E-state index contributed by atoms with van der Waals surface area (Å²) < 4.78 is 0. The Morgan fingerprint density at radius 1 is 1.15 bits per heavy atom. The normalized spacial score (nSPS) is 12.3. The molecule has 0 bridgehead atoms. The third kappa shape index (κ3) is 6.78. The van der Waals surface area contributed by atoms with E-state index in [1.54, 1.807) is 12.1 Å². The highest BCUT2D eigenvalue weighted by molar-refractivity contribution is 7.80. The van der Waals surface area contributed by atoms with Gasteiger partial charge in [0.2, 0.25) is 0 Å². The van der Waals surface area contributed by atoms with Gasteiger partial charge in [-0.2, -0.15) is 0 Å². The van der Waals surface area contributed by atoms with E-state index < -0.39 is 0 Å². The summed E-state index contributed by atoms with van der Waals surface area (Å²) in [6, 6.07) is 5.73. The second-order valence-electron chi connectivity index (χ2n) is 5.45. The molecule has 20 heavy (non-hydrogen) atoms. The Morgan fingerprint density at radius 2 is 1.85 bits per heavy atom. The molecule has 0 aliphatic rings. The molecule has 0 saturated heterocycles. The van der Waals surface area contributed by atoms with Gasteiger partial charge in [-0.1, -0.05) is 49.9 Å². The predicted octanol–water partition coefficient (Wildman–Crippen LogP) is 5.49. The van der Waals surface area contributed by atoms with Crippen molar-refractivity contribution in [1.29, 1.82) is 0 Å². The Labute approximate surface area is 137 Å². The van der Waals surface area contributed by atoms with Crippen molar-refractivity contribution in [2.75, 3.05) is 5.32 Å². The number of nitrogens with one attached hydrogen (secondary N) is 2. The molecular formula is C15H22Cl2N2S. The zero-order valence-corrected chi connectivity index (χ0v) is 14.5. The van der Waals surface area contributed by atoms with Gasteiger partial charge < -0.3 is 10.6 Å². The SMILES string of the molecule is CC(C)CCCC(C)NC(=S)Nc1ccc(Cl)c(Cl)c1. The van der Waals surface area contributed by atoms with Gasteiger partial charge in [0, 0.05) is 11.7 Å². The third-order valence-electron chi connectivity index (χ3n) is 2.97. The van der Waals surface area contributed by atoms with E-state index in [0.29, 0.717) is 21.2 Å². The summed E-state index contributed by atoms with van der Waals surface area (Å²) in [5, 5.41) is 8.07. The number of rotatable bonds is 6. The van der Waals surface area contributed by atoms with E-state index in [0.717, 1.165) is 18.0 Å². The zero-order chi connectivity index (χ0) is 15.1. The Hall–Kier alpha value is -0.510. The molecule has 112 valence electrons. The molecule has 2 nitrogen and oxygen atoms in total. The van der Waals surface area contributed by atoms with Gasteiger partial charge in [0.15, 0.2) is 5.11 Å². The van der Waals surface area contributed by atoms with Crippen LogP contribution in [0, 0.1) is 5.92 Å². The van der Waals surface area contributed by atoms with Gasteiger partial charge in [-0.05, 0) is 49.7 Å². The monoisotopic (exact) mass is 332 g/mol. The van der Waals surface area contributed by atoms with Crippen LogP contribution >= 0.6 is 35.4 Å². The van der Waals surface area contributed by atoms with E-state index >= 15 is 0 Å². The minimum Gasteiger partial charge on any atom is -0.360 e. The molecule has 0 spiro atoms. The lowest BCUT2D eigenvalue weighted by molar-refractivity contribution is 0.495. The fraction of sp³-hybridized carbons (Fsp3) is 0.533. The van der Waals surface area contributed by atoms with Crippen LogP contribution in [0.15, 0.2) is 18.2 Å². The first-order valence-electron chi connectivity index (χ1n) is 6.91. The lowest BCUT2D eigenvalue weighted by Crippen LogP contribution is -2.35. The van der Waals surface area contributed by atoms with Crippen molar-refractivity contribution < 1.29 is 0 Å². The van der Waals surface area contributed by atoms with Gasteiger partial charge in [0.1, 0.15) is 0 Å². The van der Waals surface area contributed by atoms with Crippen LogP contribution in [0.4, 0.5) is 5.69 Å². The average Bonchev–Trinajstić information content (AvgIpc) is 2.33. The van der Waals surface area contributed by atoms with Crippen LogP contribution in [0.25, 0.3) is 0 Å². The first-order valence-corrected chi connectivity index (χ1v) is 8.07. The second-order valence-corrected chi connectivity index (χ2v) is 6.68. The molecule has 1 aromatic rings. The molecule has 1 aromatic carbocycles. The summed E-state index contributed by atoms with van der Waals surface area (Å²) >= 11 is 17.1. The summed E-state index contributed by atoms with van der Waals surface area (Å²) in [5.74, 6) is 0.753. The van der Waals surface area contributed by atoms with Crippen molar-refractivity contribution in [3.8, 4) is 0 Å². The standard InChI is InChI=1S/C15H22Cl2N2S/c1-10(2)5-4-6-11(3)18-15(20)19-12-7-8-13(16)14(17)9-12/h7-11H,4-6H2,1-3H3,(H2,18,19,20). The highest BCUT2D eigenvalue weighted by Gasteiger charge is 2.06. The van der Waals surface area contributed by atoms with Gasteiger partial charge in [-0.3, -0.25) is 0 Å². The molecule has 0 fully saturated rings. The molecule has 0 aliphatic carbocycles. The fourth-order valence-corrected chi connectivity index (χ4v) is 2.49. The van der Waals surface area contributed by atoms with Crippen molar-refractivity contribution in [1.82, 2.24) is 5.32 Å². The number of hydrogen-bond acceptors (Lipinski definition) is 1. The Morgan fingerprint density at radius 3 is 2.45 bits per heavy atom. The van der Waals surface area contributed by atoms with E-state index in [1.807, 2.05) is 6.07 Å². The third-order valence-corrected chi connectivity index (χ3v) is 3.93. The van der Waals surface area contributed by atoms with Gasteiger partial charge in [0.25, 0.3) is 0 Å². The molecule has 5 heteroatoms. The van der Waals surface area contributed by atoms with Crippen molar-refractivity contribution in [2.24, 2.45) is 5.92 Å². The van der Waals surface area contributed by atoms with Gasteiger partial charge >= 0.3 is 0 Å². The maximum absolute atomic E-state index is 5.97. The molecule has 2 N–H and O–H groups in total. The second kappa shape index (κ2) is 8.71. The first kappa shape index (κ1) is 17.5. The molecule has 0 saturated carbocycles. The van der Waals surface area contributed by atoms with Crippen LogP contribution < -0.4 is 10.6 Å². The fourth-order valence-electron chi connectivity index (χ4n) is 1.87.